The quantitative estimate of drug-likeness (QED) is 0.382. The van der Waals surface area contributed by atoms with Crippen molar-refractivity contribution in [2.75, 3.05) is 19.3 Å². The third-order valence-corrected chi connectivity index (χ3v) is 8.32. The lowest BCUT2D eigenvalue weighted by atomic mass is 9.74. The summed E-state index contributed by atoms with van der Waals surface area (Å²) in [5, 5.41) is 0.196. The van der Waals surface area contributed by atoms with Gasteiger partial charge in [-0.15, -0.1) is 0 Å². The first-order chi connectivity index (χ1) is 15.5. The summed E-state index contributed by atoms with van der Waals surface area (Å²) in [6.45, 7) is 2.68. The molecule has 174 valence electrons. The minimum atomic E-state index is -3.65. The smallest absolute Gasteiger partial charge is 0.155 e. The van der Waals surface area contributed by atoms with Gasteiger partial charge in [0.2, 0.25) is 0 Å². The number of hydrogen-bond donors (Lipinski definition) is 0. The topological polar surface area (TPSA) is 37.4 Å². The molecule has 1 heterocycles. The van der Waals surface area contributed by atoms with E-state index in [1.807, 2.05) is 55.5 Å². The van der Waals surface area contributed by atoms with Crippen molar-refractivity contribution >= 4 is 33.0 Å². The van der Waals surface area contributed by atoms with Crippen molar-refractivity contribution in [3.63, 3.8) is 0 Å². The highest BCUT2D eigenvalue weighted by molar-refractivity contribution is 7.91. The van der Waals surface area contributed by atoms with Gasteiger partial charge in [-0.3, -0.25) is 4.90 Å². The van der Waals surface area contributed by atoms with Crippen LogP contribution < -0.4 is 0 Å². The Hall–Kier alpha value is -1.99. The maximum atomic E-state index is 13.9. The van der Waals surface area contributed by atoms with Gasteiger partial charge in [0.25, 0.3) is 0 Å². The van der Waals surface area contributed by atoms with Crippen molar-refractivity contribution in [1.29, 1.82) is 0 Å². The average Bonchev–Trinajstić information content (AvgIpc) is 2.68. The van der Waals surface area contributed by atoms with Gasteiger partial charge in [0.15, 0.2) is 9.84 Å². The second-order valence-corrected chi connectivity index (χ2v) is 12.0. The maximum absolute atomic E-state index is 13.9. The van der Waals surface area contributed by atoms with Crippen LogP contribution in [0.3, 0.4) is 0 Å². The summed E-state index contributed by atoms with van der Waals surface area (Å²) in [5.41, 5.74) is 1.39. The third kappa shape index (κ3) is 5.09. The SMILES string of the molecule is CC1([C@@H](c2cc(F)cc(F)c2)S(C)(=O)=O)CN(C(c2ccc(Cl)cc2)c2ccc(Cl)cc2)C1. The molecule has 3 aromatic rings. The molecule has 0 N–H and O–H groups in total. The second kappa shape index (κ2) is 8.99. The predicted octanol–water partition coefficient (Wildman–Crippen LogP) is 6.47. The van der Waals surface area contributed by atoms with E-state index in [1.165, 1.54) is 0 Å². The van der Waals surface area contributed by atoms with Gasteiger partial charge in [0.1, 0.15) is 11.6 Å². The molecule has 1 aliphatic heterocycles. The Kier molecular flexibility index (Phi) is 6.58. The van der Waals surface area contributed by atoms with Crippen molar-refractivity contribution in [3.05, 3.63) is 105 Å². The molecule has 1 saturated heterocycles. The van der Waals surface area contributed by atoms with Crippen molar-refractivity contribution < 1.29 is 17.2 Å². The highest BCUT2D eigenvalue weighted by Gasteiger charge is 2.52. The monoisotopic (exact) mass is 509 g/mol. The van der Waals surface area contributed by atoms with E-state index < -0.39 is 32.1 Å². The lowest BCUT2D eigenvalue weighted by Gasteiger charge is -2.54. The van der Waals surface area contributed by atoms with Gasteiger partial charge in [-0.05, 0) is 53.1 Å². The molecule has 0 aliphatic carbocycles. The van der Waals surface area contributed by atoms with Crippen LogP contribution in [-0.4, -0.2) is 32.7 Å². The molecule has 1 fully saturated rings. The molecule has 1 atom stereocenters. The van der Waals surface area contributed by atoms with E-state index >= 15 is 0 Å². The minimum absolute atomic E-state index is 0.131. The largest absolute Gasteiger partial charge is 0.291 e. The van der Waals surface area contributed by atoms with Crippen molar-refractivity contribution in [3.8, 4) is 0 Å². The predicted molar refractivity (Wildman–Crippen MR) is 128 cm³/mol. The van der Waals surface area contributed by atoms with Crippen LogP contribution in [0.25, 0.3) is 0 Å². The zero-order chi connectivity index (χ0) is 24.0. The summed E-state index contributed by atoms with van der Waals surface area (Å²) < 4.78 is 53.5. The number of rotatable bonds is 6. The Balaban J connectivity index is 1.70. The van der Waals surface area contributed by atoms with Crippen LogP contribution >= 0.6 is 23.2 Å². The molecule has 3 aromatic carbocycles. The average molecular weight is 510 g/mol. The molecule has 1 aliphatic rings. The molecule has 0 amide bonds. The first-order valence-electron chi connectivity index (χ1n) is 10.4. The van der Waals surface area contributed by atoms with Gasteiger partial charge >= 0.3 is 0 Å². The number of hydrogen-bond acceptors (Lipinski definition) is 3. The summed E-state index contributed by atoms with van der Waals surface area (Å²) in [6, 6.07) is 17.8. The Morgan fingerprint density at radius 3 is 1.64 bits per heavy atom. The van der Waals surface area contributed by atoms with E-state index in [-0.39, 0.29) is 11.6 Å². The van der Waals surface area contributed by atoms with Gasteiger partial charge in [0, 0.05) is 40.9 Å². The van der Waals surface area contributed by atoms with Crippen LogP contribution in [-0.2, 0) is 9.84 Å². The van der Waals surface area contributed by atoms with Crippen molar-refractivity contribution in [2.45, 2.75) is 18.2 Å². The van der Waals surface area contributed by atoms with E-state index in [1.54, 1.807) is 0 Å². The van der Waals surface area contributed by atoms with E-state index in [0.29, 0.717) is 23.1 Å². The van der Waals surface area contributed by atoms with Crippen LogP contribution in [0.2, 0.25) is 10.0 Å². The van der Waals surface area contributed by atoms with Gasteiger partial charge in [-0.1, -0.05) is 54.4 Å². The zero-order valence-corrected chi connectivity index (χ0v) is 20.4. The van der Waals surface area contributed by atoms with Crippen molar-refractivity contribution in [1.82, 2.24) is 4.90 Å². The molecule has 3 nitrogen and oxygen atoms in total. The lowest BCUT2D eigenvalue weighted by Crippen LogP contribution is -2.59. The molecule has 0 unspecified atom stereocenters. The Morgan fingerprint density at radius 1 is 0.818 bits per heavy atom. The highest BCUT2D eigenvalue weighted by atomic mass is 35.5. The number of halogens is 4. The number of benzene rings is 3. The third-order valence-electron chi connectivity index (χ3n) is 6.11. The molecule has 0 aromatic heterocycles. The Labute approximate surface area is 202 Å². The molecule has 33 heavy (non-hydrogen) atoms. The maximum Gasteiger partial charge on any atom is 0.155 e. The second-order valence-electron chi connectivity index (χ2n) is 8.98. The normalized spacial score (nSPS) is 17.1. The molecule has 0 radical (unpaired) electrons. The van der Waals surface area contributed by atoms with E-state index in [0.717, 1.165) is 35.6 Å². The number of nitrogens with zero attached hydrogens (tertiary/aromatic N) is 1. The van der Waals surface area contributed by atoms with Crippen LogP contribution in [0, 0.1) is 17.0 Å². The first-order valence-corrected chi connectivity index (χ1v) is 13.1. The summed E-state index contributed by atoms with van der Waals surface area (Å²) in [6.07, 6.45) is 1.12. The highest BCUT2D eigenvalue weighted by Crippen LogP contribution is 2.50. The van der Waals surface area contributed by atoms with Crippen LogP contribution in [0.4, 0.5) is 8.78 Å². The van der Waals surface area contributed by atoms with Gasteiger partial charge < -0.3 is 0 Å². The summed E-state index contributed by atoms with van der Waals surface area (Å²) in [7, 11) is -3.65. The minimum Gasteiger partial charge on any atom is -0.291 e. The Bertz CT molecular complexity index is 1190. The van der Waals surface area contributed by atoms with Crippen LogP contribution in [0.15, 0.2) is 66.7 Å². The van der Waals surface area contributed by atoms with Gasteiger partial charge in [-0.25, -0.2) is 17.2 Å². The molecule has 0 spiro atoms. The first kappa shape index (κ1) is 24.1. The molecule has 0 saturated carbocycles. The van der Waals surface area contributed by atoms with Gasteiger partial charge in [-0.2, -0.15) is 0 Å². The summed E-state index contributed by atoms with van der Waals surface area (Å²) >= 11 is 12.2. The molecular weight excluding hydrogens is 487 g/mol. The summed E-state index contributed by atoms with van der Waals surface area (Å²) in [5.74, 6) is -1.59. The standard InChI is InChI=1S/C25H23Cl2F2NO2S/c1-25(24(33(2,31)32)18-11-21(28)13-22(29)12-18)14-30(15-25)23(16-3-7-19(26)8-4-16)17-5-9-20(27)10-6-17/h3-13,23-24H,14-15H2,1-2H3/t24-/m1/s1. The summed E-state index contributed by atoms with van der Waals surface area (Å²) in [4.78, 5) is 2.15. The lowest BCUT2D eigenvalue weighted by molar-refractivity contribution is -0.0116. The van der Waals surface area contributed by atoms with E-state index in [4.69, 9.17) is 23.2 Å². The molecular formula is C25H23Cl2F2NO2S. The van der Waals surface area contributed by atoms with E-state index in [2.05, 4.69) is 4.90 Å². The van der Waals surface area contributed by atoms with Crippen molar-refractivity contribution in [2.24, 2.45) is 5.41 Å². The van der Waals surface area contributed by atoms with E-state index in [9.17, 15) is 17.2 Å². The number of sulfone groups is 1. The zero-order valence-electron chi connectivity index (χ0n) is 18.1. The molecule has 4 rings (SSSR count). The van der Waals surface area contributed by atoms with Crippen LogP contribution in [0.5, 0.6) is 0 Å². The fraction of sp³-hybridized carbons (Fsp3) is 0.280. The van der Waals surface area contributed by atoms with Gasteiger partial charge in [0.05, 0.1) is 11.3 Å². The Morgan fingerprint density at radius 2 is 1.24 bits per heavy atom. The molecule has 0 bridgehead atoms. The number of likely N-dealkylation sites (tertiary alicyclic amines) is 1. The fourth-order valence-electron chi connectivity index (χ4n) is 5.03. The molecule has 8 heteroatoms. The fourth-order valence-corrected chi connectivity index (χ4v) is 7.09. The van der Waals surface area contributed by atoms with Crippen LogP contribution in [0.1, 0.15) is 34.9 Å².